The normalized spacial score (nSPS) is 39.5. The summed E-state index contributed by atoms with van der Waals surface area (Å²) in [5.74, 6) is 2.80. The largest absolute Gasteiger partial charge is 0.393 e. The maximum Gasteiger partial charge on any atom is 0.0811 e. The van der Waals surface area contributed by atoms with E-state index in [4.69, 9.17) is 0 Å². The second kappa shape index (κ2) is 10.2. The predicted molar refractivity (Wildman–Crippen MR) is 133 cm³/mol. The highest BCUT2D eigenvalue weighted by atomic mass is 16.3. The fourth-order valence-electron chi connectivity index (χ4n) is 7.27. The Hall–Kier alpha value is -0.900. The second-order valence-corrected chi connectivity index (χ2v) is 12.2. The summed E-state index contributed by atoms with van der Waals surface area (Å²) in [4.78, 5) is 0. The monoisotopic (exact) mass is 444 g/mol. The van der Waals surface area contributed by atoms with E-state index in [1.54, 1.807) is 5.57 Å². The maximum absolute atomic E-state index is 10.2. The van der Waals surface area contributed by atoms with Gasteiger partial charge in [-0.2, -0.15) is 0 Å². The molecule has 3 fully saturated rings. The molecule has 0 aromatic heterocycles. The number of rotatable bonds is 7. The van der Waals surface area contributed by atoms with Gasteiger partial charge in [0.15, 0.2) is 0 Å². The molecule has 0 aliphatic heterocycles. The Kier molecular flexibility index (Phi) is 8.16. The molecule has 3 rings (SSSR count). The predicted octanol–water partition coefficient (Wildman–Crippen LogP) is 6.34. The first-order chi connectivity index (χ1) is 14.9. The van der Waals surface area contributed by atoms with Crippen LogP contribution in [0.1, 0.15) is 98.8 Å². The smallest absolute Gasteiger partial charge is 0.0811 e. The minimum absolute atomic E-state index is 0.347. The van der Waals surface area contributed by atoms with Crippen molar-refractivity contribution in [2.75, 3.05) is 0 Å². The van der Waals surface area contributed by atoms with Crippen molar-refractivity contribution in [1.29, 1.82) is 0 Å². The lowest BCUT2D eigenvalue weighted by Crippen LogP contribution is -2.39. The highest BCUT2D eigenvalue weighted by Crippen LogP contribution is 2.61. The van der Waals surface area contributed by atoms with Gasteiger partial charge >= 0.3 is 0 Å². The molecule has 0 aromatic carbocycles. The molecule has 32 heavy (non-hydrogen) atoms. The summed E-state index contributed by atoms with van der Waals surface area (Å²) >= 11 is 0. The molecule has 7 atom stereocenters. The molecule has 0 amide bonds. The van der Waals surface area contributed by atoms with Crippen LogP contribution in [0.5, 0.6) is 0 Å². The van der Waals surface area contributed by atoms with E-state index in [9.17, 15) is 15.3 Å². The summed E-state index contributed by atoms with van der Waals surface area (Å²) in [6, 6.07) is 0. The minimum Gasteiger partial charge on any atom is -0.393 e. The van der Waals surface area contributed by atoms with Crippen LogP contribution in [0.15, 0.2) is 35.5 Å². The van der Waals surface area contributed by atoms with Crippen LogP contribution in [-0.2, 0) is 0 Å². The molecule has 0 radical (unpaired) electrons. The van der Waals surface area contributed by atoms with Gasteiger partial charge in [0.1, 0.15) is 0 Å². The van der Waals surface area contributed by atoms with Crippen LogP contribution in [0.25, 0.3) is 0 Å². The van der Waals surface area contributed by atoms with E-state index in [2.05, 4.69) is 39.5 Å². The van der Waals surface area contributed by atoms with E-state index in [0.717, 1.165) is 35.8 Å². The van der Waals surface area contributed by atoms with Crippen LogP contribution in [0.3, 0.4) is 0 Å². The summed E-state index contributed by atoms with van der Waals surface area (Å²) in [5, 5.41) is 30.4. The molecule has 0 aromatic rings. The van der Waals surface area contributed by atoms with Crippen LogP contribution in [0.2, 0.25) is 0 Å². The molecule has 0 bridgehead atoms. The van der Waals surface area contributed by atoms with Gasteiger partial charge in [0.2, 0.25) is 0 Å². The highest BCUT2D eigenvalue weighted by molar-refractivity contribution is 5.38. The Morgan fingerprint density at radius 3 is 2.56 bits per heavy atom. The zero-order valence-corrected chi connectivity index (χ0v) is 21.2. The zero-order chi connectivity index (χ0) is 23.7. The second-order valence-electron chi connectivity index (χ2n) is 12.2. The van der Waals surface area contributed by atoms with E-state index >= 15 is 0 Å². The fraction of sp³-hybridized carbons (Fsp3) is 0.793. The summed E-state index contributed by atoms with van der Waals surface area (Å²) in [6.45, 7) is 15.3. The molecule has 3 saturated carbocycles. The van der Waals surface area contributed by atoms with Crippen LogP contribution >= 0.6 is 0 Å². The molecule has 3 heteroatoms. The maximum atomic E-state index is 10.2. The van der Waals surface area contributed by atoms with Crippen LogP contribution < -0.4 is 0 Å². The minimum atomic E-state index is -0.621. The molecule has 0 unspecified atom stereocenters. The lowest BCUT2D eigenvalue weighted by molar-refractivity contribution is 0.0518. The van der Waals surface area contributed by atoms with Crippen LogP contribution in [0.4, 0.5) is 0 Å². The molecule has 3 aliphatic carbocycles. The molecule has 3 nitrogen and oxygen atoms in total. The van der Waals surface area contributed by atoms with Crippen molar-refractivity contribution in [1.82, 2.24) is 0 Å². The number of hydrogen-bond acceptors (Lipinski definition) is 3. The average Bonchev–Trinajstić information content (AvgIpc) is 3.05. The van der Waals surface area contributed by atoms with E-state index in [1.807, 2.05) is 13.8 Å². The van der Waals surface area contributed by atoms with Crippen molar-refractivity contribution in [3.8, 4) is 0 Å². The first-order valence-electron chi connectivity index (χ1n) is 13.1. The van der Waals surface area contributed by atoms with Gasteiger partial charge in [-0.05, 0) is 92.6 Å². The van der Waals surface area contributed by atoms with Gasteiger partial charge in [-0.25, -0.2) is 0 Å². The zero-order valence-electron chi connectivity index (χ0n) is 21.2. The van der Waals surface area contributed by atoms with Crippen molar-refractivity contribution in [2.24, 2.45) is 29.1 Å². The van der Waals surface area contributed by atoms with Crippen LogP contribution in [-0.4, -0.2) is 33.1 Å². The molecule has 182 valence electrons. The summed E-state index contributed by atoms with van der Waals surface area (Å²) in [6.07, 6.45) is 13.9. The standard InChI is InChI=1S/C29H48O3/c1-7-21-15-23(11-10-22-16-24(30)17-27(31)20(22)3)26-13-12-25(29(26,6)18-21)19(2)9-8-14-28(4,5)32/h10-11,19,21,24-27,30-32H,3,7-9,12-18H2,1-2,4-6H3/b22-10+,23-11+/t19-,21+,24-,25-,26+,27+,29-/m1/s1. The molecule has 3 N–H and O–H groups in total. The molecule has 0 saturated heterocycles. The SMILES string of the molecule is C=C1/C(=C/C=C2\C[C@H](CC)C[C@]3(C)[C@@H]([C@H](C)CCCC(C)(C)O)CC[C@@H]23)C[C@@H](O)C[C@@H]1O. The number of fused-ring (bicyclic) bond motifs is 1. The van der Waals surface area contributed by atoms with E-state index in [1.165, 1.54) is 38.5 Å². The lowest BCUT2D eigenvalue weighted by atomic mass is 9.57. The van der Waals surface area contributed by atoms with E-state index < -0.39 is 17.8 Å². The van der Waals surface area contributed by atoms with Crippen molar-refractivity contribution >= 4 is 0 Å². The average molecular weight is 445 g/mol. The highest BCUT2D eigenvalue weighted by Gasteiger charge is 2.52. The first kappa shape index (κ1) is 25.7. The van der Waals surface area contributed by atoms with Crippen molar-refractivity contribution in [2.45, 2.75) is 117 Å². The van der Waals surface area contributed by atoms with Gasteiger partial charge in [0.05, 0.1) is 17.8 Å². The Morgan fingerprint density at radius 1 is 1.19 bits per heavy atom. The third-order valence-corrected chi connectivity index (χ3v) is 9.09. The third kappa shape index (κ3) is 5.77. The summed E-state index contributed by atoms with van der Waals surface area (Å²) in [7, 11) is 0. The summed E-state index contributed by atoms with van der Waals surface area (Å²) in [5.41, 5.74) is 3.15. The van der Waals surface area contributed by atoms with E-state index in [0.29, 0.717) is 30.1 Å². The molecular weight excluding hydrogens is 396 g/mol. The van der Waals surface area contributed by atoms with Crippen LogP contribution in [0, 0.1) is 29.1 Å². The Labute approximate surface area is 196 Å². The van der Waals surface area contributed by atoms with Gasteiger partial charge < -0.3 is 15.3 Å². The molecular formula is C29H48O3. The Bertz CT molecular complexity index is 727. The third-order valence-electron chi connectivity index (χ3n) is 9.09. The lowest BCUT2D eigenvalue weighted by Gasteiger charge is -2.47. The van der Waals surface area contributed by atoms with Gasteiger partial charge in [-0.15, -0.1) is 0 Å². The summed E-state index contributed by atoms with van der Waals surface area (Å²) < 4.78 is 0. The number of hydrogen-bond donors (Lipinski definition) is 3. The Morgan fingerprint density at radius 2 is 1.91 bits per heavy atom. The number of aliphatic hydroxyl groups is 3. The van der Waals surface area contributed by atoms with Crippen molar-refractivity contribution in [3.05, 3.63) is 35.5 Å². The van der Waals surface area contributed by atoms with Gasteiger partial charge in [0, 0.05) is 6.42 Å². The molecule has 3 aliphatic rings. The number of allylic oxidation sites excluding steroid dienone is 3. The fourth-order valence-corrected chi connectivity index (χ4v) is 7.27. The van der Waals surface area contributed by atoms with Gasteiger partial charge in [-0.1, -0.05) is 64.3 Å². The quantitative estimate of drug-likeness (QED) is 0.429. The van der Waals surface area contributed by atoms with Crippen molar-refractivity contribution < 1.29 is 15.3 Å². The van der Waals surface area contributed by atoms with E-state index in [-0.39, 0.29) is 0 Å². The number of aliphatic hydroxyl groups excluding tert-OH is 2. The first-order valence-corrected chi connectivity index (χ1v) is 13.1. The Balaban J connectivity index is 1.78. The van der Waals surface area contributed by atoms with Crippen molar-refractivity contribution in [3.63, 3.8) is 0 Å². The van der Waals surface area contributed by atoms with Gasteiger partial charge in [-0.3, -0.25) is 0 Å². The topological polar surface area (TPSA) is 60.7 Å². The van der Waals surface area contributed by atoms with Gasteiger partial charge in [0.25, 0.3) is 0 Å². The molecule has 0 spiro atoms. The molecule has 0 heterocycles.